The number of hydrogen-bond donors (Lipinski definition) is 0. The van der Waals surface area contributed by atoms with Crippen molar-refractivity contribution in [2.24, 2.45) is 0 Å². The molecule has 0 aromatic carbocycles. The predicted octanol–water partition coefficient (Wildman–Crippen LogP) is 2.60. The van der Waals surface area contributed by atoms with Crippen molar-refractivity contribution in [3.8, 4) is 0 Å². The molecule has 1 aliphatic rings. The first kappa shape index (κ1) is 11.9. The largest absolute Gasteiger partial charge is 0.344 e. The average Bonchev–Trinajstić information content (AvgIpc) is 2.61. The number of aryl methyl sites for hydroxylation is 1. The molecule has 1 aliphatic heterocycles. The van der Waals surface area contributed by atoms with Crippen LogP contribution >= 0.6 is 23.1 Å². The summed E-state index contributed by atoms with van der Waals surface area (Å²) in [6.07, 6.45) is 0. The summed E-state index contributed by atoms with van der Waals surface area (Å²) in [6.45, 7) is 6.78. The topological polar surface area (TPSA) is 33.2 Å². The van der Waals surface area contributed by atoms with E-state index in [-0.39, 0.29) is 5.78 Å². The highest BCUT2D eigenvalue weighted by Gasteiger charge is 2.23. The molecule has 0 bridgehead atoms. The SMILES string of the molecule is CC(=O)c1sc(N2CCSCC2C)nc1C. The molecule has 88 valence electrons. The van der Waals surface area contributed by atoms with Crippen LogP contribution in [0, 0.1) is 6.92 Å². The second kappa shape index (κ2) is 4.75. The molecule has 0 saturated carbocycles. The number of anilines is 1. The minimum absolute atomic E-state index is 0.125. The van der Waals surface area contributed by atoms with Crippen molar-refractivity contribution in [3.05, 3.63) is 10.6 Å². The van der Waals surface area contributed by atoms with Crippen LogP contribution in [0.4, 0.5) is 5.13 Å². The van der Waals surface area contributed by atoms with Gasteiger partial charge in [-0.25, -0.2) is 4.98 Å². The molecule has 1 aromatic rings. The Morgan fingerprint density at radius 2 is 2.31 bits per heavy atom. The molecule has 0 spiro atoms. The molecular formula is C11H16N2OS2. The van der Waals surface area contributed by atoms with Gasteiger partial charge >= 0.3 is 0 Å². The molecule has 2 rings (SSSR count). The van der Waals surface area contributed by atoms with Gasteiger partial charge in [0, 0.05) is 31.0 Å². The van der Waals surface area contributed by atoms with E-state index >= 15 is 0 Å². The van der Waals surface area contributed by atoms with Gasteiger partial charge in [-0.2, -0.15) is 11.8 Å². The first-order valence-corrected chi connectivity index (χ1v) is 7.39. The van der Waals surface area contributed by atoms with E-state index < -0.39 is 0 Å². The van der Waals surface area contributed by atoms with Crippen LogP contribution in [-0.4, -0.2) is 34.9 Å². The van der Waals surface area contributed by atoms with Crippen LogP contribution in [0.1, 0.15) is 29.2 Å². The van der Waals surface area contributed by atoms with Gasteiger partial charge in [-0.05, 0) is 13.8 Å². The zero-order valence-electron chi connectivity index (χ0n) is 9.82. The highest BCUT2D eigenvalue weighted by atomic mass is 32.2. The molecule has 2 heterocycles. The van der Waals surface area contributed by atoms with E-state index in [2.05, 4.69) is 16.8 Å². The van der Waals surface area contributed by atoms with Gasteiger partial charge in [0.2, 0.25) is 0 Å². The van der Waals surface area contributed by atoms with Crippen LogP contribution in [0.3, 0.4) is 0 Å². The van der Waals surface area contributed by atoms with Gasteiger partial charge < -0.3 is 4.90 Å². The smallest absolute Gasteiger partial charge is 0.186 e. The van der Waals surface area contributed by atoms with E-state index in [0.29, 0.717) is 6.04 Å². The van der Waals surface area contributed by atoms with Gasteiger partial charge in [-0.1, -0.05) is 11.3 Å². The lowest BCUT2D eigenvalue weighted by molar-refractivity contribution is 0.102. The Morgan fingerprint density at radius 1 is 1.56 bits per heavy atom. The minimum Gasteiger partial charge on any atom is -0.344 e. The highest BCUT2D eigenvalue weighted by Crippen LogP contribution is 2.30. The second-order valence-electron chi connectivity index (χ2n) is 4.08. The monoisotopic (exact) mass is 256 g/mol. The summed E-state index contributed by atoms with van der Waals surface area (Å²) < 4.78 is 0. The first-order chi connectivity index (χ1) is 7.59. The van der Waals surface area contributed by atoms with Crippen LogP contribution in [0.5, 0.6) is 0 Å². The molecule has 1 saturated heterocycles. The van der Waals surface area contributed by atoms with Crippen LogP contribution in [0.25, 0.3) is 0 Å². The molecule has 0 amide bonds. The molecule has 0 N–H and O–H groups in total. The molecule has 16 heavy (non-hydrogen) atoms. The molecule has 1 unspecified atom stereocenters. The van der Waals surface area contributed by atoms with Gasteiger partial charge in [0.25, 0.3) is 0 Å². The number of ketones is 1. The number of thioether (sulfide) groups is 1. The zero-order chi connectivity index (χ0) is 11.7. The quantitative estimate of drug-likeness (QED) is 0.762. The lowest BCUT2D eigenvalue weighted by Crippen LogP contribution is -2.40. The Bertz CT molecular complexity index is 403. The Balaban J connectivity index is 2.26. The molecule has 0 radical (unpaired) electrons. The number of nitrogens with zero attached hydrogens (tertiary/aromatic N) is 2. The average molecular weight is 256 g/mol. The van der Waals surface area contributed by atoms with Crippen molar-refractivity contribution in [3.63, 3.8) is 0 Å². The maximum absolute atomic E-state index is 11.4. The van der Waals surface area contributed by atoms with Gasteiger partial charge in [0.05, 0.1) is 10.6 Å². The number of Topliss-reactive ketones (excluding diaryl/α,β-unsaturated/α-hetero) is 1. The normalized spacial score (nSPS) is 21.2. The maximum atomic E-state index is 11.4. The van der Waals surface area contributed by atoms with E-state index in [1.54, 1.807) is 6.92 Å². The van der Waals surface area contributed by atoms with Gasteiger partial charge in [-0.15, -0.1) is 0 Å². The van der Waals surface area contributed by atoms with Crippen LogP contribution in [0.15, 0.2) is 0 Å². The summed E-state index contributed by atoms with van der Waals surface area (Å²) in [5.74, 6) is 2.42. The van der Waals surface area contributed by atoms with E-state index in [0.717, 1.165) is 33.8 Å². The maximum Gasteiger partial charge on any atom is 0.186 e. The third-order valence-electron chi connectivity index (χ3n) is 2.72. The number of rotatable bonds is 2. The fourth-order valence-electron chi connectivity index (χ4n) is 1.84. The first-order valence-electron chi connectivity index (χ1n) is 5.42. The van der Waals surface area contributed by atoms with Crippen molar-refractivity contribution in [1.29, 1.82) is 0 Å². The van der Waals surface area contributed by atoms with Gasteiger partial charge in [0.15, 0.2) is 10.9 Å². The summed E-state index contributed by atoms with van der Waals surface area (Å²) in [5, 5.41) is 1.01. The summed E-state index contributed by atoms with van der Waals surface area (Å²) in [6, 6.07) is 0.518. The Labute approximate surface area is 104 Å². The van der Waals surface area contributed by atoms with Crippen molar-refractivity contribution >= 4 is 34.0 Å². The predicted molar refractivity (Wildman–Crippen MR) is 71.0 cm³/mol. The highest BCUT2D eigenvalue weighted by molar-refractivity contribution is 7.99. The molecule has 1 atom stereocenters. The number of hydrogen-bond acceptors (Lipinski definition) is 5. The standard InChI is InChI=1S/C11H16N2OS2/c1-7-6-15-5-4-13(7)11-12-8(2)10(16-11)9(3)14/h7H,4-6H2,1-3H3. The fraction of sp³-hybridized carbons (Fsp3) is 0.636. The van der Waals surface area contributed by atoms with Crippen LogP contribution < -0.4 is 4.90 Å². The molecule has 1 aromatic heterocycles. The van der Waals surface area contributed by atoms with Crippen molar-refractivity contribution in [2.45, 2.75) is 26.8 Å². The summed E-state index contributed by atoms with van der Waals surface area (Å²) in [5.41, 5.74) is 0.873. The van der Waals surface area contributed by atoms with E-state index in [1.165, 1.54) is 11.3 Å². The van der Waals surface area contributed by atoms with E-state index in [1.807, 2.05) is 18.7 Å². The van der Waals surface area contributed by atoms with Crippen LogP contribution in [0.2, 0.25) is 0 Å². The Kier molecular flexibility index (Phi) is 3.54. The zero-order valence-corrected chi connectivity index (χ0v) is 11.5. The van der Waals surface area contributed by atoms with Crippen LogP contribution in [-0.2, 0) is 0 Å². The number of aromatic nitrogens is 1. The molecule has 3 nitrogen and oxygen atoms in total. The fourth-order valence-corrected chi connectivity index (χ4v) is 3.95. The lowest BCUT2D eigenvalue weighted by atomic mass is 10.3. The van der Waals surface area contributed by atoms with Crippen molar-refractivity contribution in [2.75, 3.05) is 23.0 Å². The molecule has 5 heteroatoms. The third-order valence-corrected chi connectivity index (χ3v) is 5.20. The molecule has 0 aliphatic carbocycles. The van der Waals surface area contributed by atoms with Crippen molar-refractivity contribution < 1.29 is 4.79 Å². The third kappa shape index (κ3) is 2.25. The van der Waals surface area contributed by atoms with Gasteiger partial charge in [-0.3, -0.25) is 4.79 Å². The second-order valence-corrected chi connectivity index (χ2v) is 6.21. The van der Waals surface area contributed by atoms with E-state index in [9.17, 15) is 4.79 Å². The summed E-state index contributed by atoms with van der Waals surface area (Å²) in [7, 11) is 0. The Morgan fingerprint density at radius 3 is 2.88 bits per heavy atom. The number of carbonyl (C=O) groups excluding carboxylic acids is 1. The summed E-state index contributed by atoms with van der Waals surface area (Å²) in [4.78, 5) is 19.0. The summed E-state index contributed by atoms with van der Waals surface area (Å²) >= 11 is 3.52. The number of thiazole rings is 1. The Hall–Kier alpha value is -0.550. The minimum atomic E-state index is 0.125. The number of carbonyl (C=O) groups is 1. The molecular weight excluding hydrogens is 240 g/mol. The lowest BCUT2D eigenvalue weighted by Gasteiger charge is -2.32. The van der Waals surface area contributed by atoms with E-state index in [4.69, 9.17) is 0 Å². The molecule has 1 fully saturated rings. The van der Waals surface area contributed by atoms with Crippen molar-refractivity contribution in [1.82, 2.24) is 4.98 Å². The van der Waals surface area contributed by atoms with Gasteiger partial charge in [0.1, 0.15) is 0 Å².